The van der Waals surface area contributed by atoms with E-state index in [2.05, 4.69) is 6.08 Å². The second kappa shape index (κ2) is 3.14. The molecule has 0 heterocycles. The minimum Gasteiger partial charge on any atom is -0.285 e. The normalized spacial score (nSPS) is 14.2. The molecule has 0 fully saturated rings. The van der Waals surface area contributed by atoms with Crippen molar-refractivity contribution < 1.29 is 9.59 Å². The van der Waals surface area contributed by atoms with Gasteiger partial charge in [0.1, 0.15) is 0 Å². The van der Waals surface area contributed by atoms with Gasteiger partial charge >= 0.3 is 0 Å². The number of Topliss-reactive ketones (excluding diaryl/α,β-unsaturated/α-hetero) is 2. The molecule has 0 spiro atoms. The standard InChI is InChI=1S/C14H7O2/c15-13-8-7-11-10-4-2-1-3-9(10)5-6-12(11)14(13)16/h1-7H. The number of hydrogen-bond donors (Lipinski definition) is 0. The summed E-state index contributed by atoms with van der Waals surface area (Å²) in [6, 6.07) is 11.3. The highest BCUT2D eigenvalue weighted by Crippen LogP contribution is 2.26. The number of benzene rings is 2. The van der Waals surface area contributed by atoms with E-state index in [1.165, 1.54) is 0 Å². The van der Waals surface area contributed by atoms with Gasteiger partial charge in [0, 0.05) is 11.6 Å². The van der Waals surface area contributed by atoms with Crippen molar-refractivity contribution in [2.45, 2.75) is 0 Å². The summed E-state index contributed by atoms with van der Waals surface area (Å²) in [6.45, 7) is 0. The summed E-state index contributed by atoms with van der Waals surface area (Å²) in [4.78, 5) is 22.8. The molecule has 2 nitrogen and oxygen atoms in total. The molecule has 16 heavy (non-hydrogen) atoms. The Morgan fingerprint density at radius 2 is 1.75 bits per heavy atom. The zero-order valence-electron chi connectivity index (χ0n) is 8.36. The summed E-state index contributed by atoms with van der Waals surface area (Å²) in [5.41, 5.74) is 1.27. The molecule has 2 aromatic rings. The van der Waals surface area contributed by atoms with E-state index in [-0.39, 0.29) is 0 Å². The molecule has 0 amide bonds. The van der Waals surface area contributed by atoms with Crippen molar-refractivity contribution in [3.05, 3.63) is 53.6 Å². The summed E-state index contributed by atoms with van der Waals surface area (Å²) in [5, 5.41) is 2.04. The van der Waals surface area contributed by atoms with E-state index >= 15 is 0 Å². The van der Waals surface area contributed by atoms with Gasteiger partial charge in [-0.25, -0.2) is 0 Å². The maximum Gasteiger partial charge on any atom is 0.234 e. The molecule has 2 aromatic carbocycles. The zero-order chi connectivity index (χ0) is 11.1. The highest BCUT2D eigenvalue weighted by Gasteiger charge is 2.22. The Balaban J connectivity index is 2.43. The number of ketones is 2. The number of fused-ring (bicyclic) bond motifs is 3. The minimum absolute atomic E-state index is 0.469. The van der Waals surface area contributed by atoms with Gasteiger partial charge in [-0.15, -0.1) is 0 Å². The first-order valence-electron chi connectivity index (χ1n) is 4.97. The van der Waals surface area contributed by atoms with Gasteiger partial charge in [0.15, 0.2) is 0 Å². The van der Waals surface area contributed by atoms with Gasteiger partial charge in [0.05, 0.1) is 0 Å². The maximum absolute atomic E-state index is 11.6. The molecule has 0 aliphatic heterocycles. The van der Waals surface area contributed by atoms with Crippen LogP contribution in [0.3, 0.4) is 0 Å². The number of hydrogen-bond acceptors (Lipinski definition) is 2. The number of carbonyl (C=O) groups excluding carboxylic acids is 2. The van der Waals surface area contributed by atoms with Gasteiger partial charge in [-0.3, -0.25) is 9.59 Å². The second-order valence-electron chi connectivity index (χ2n) is 3.69. The molecule has 1 radical (unpaired) electrons. The quantitative estimate of drug-likeness (QED) is 0.622. The Hall–Kier alpha value is -2.22. The predicted molar refractivity (Wildman–Crippen MR) is 61.0 cm³/mol. The van der Waals surface area contributed by atoms with Gasteiger partial charge in [-0.1, -0.05) is 30.3 Å². The number of allylic oxidation sites excluding steroid dienone is 1. The van der Waals surface area contributed by atoms with Crippen LogP contribution in [0.2, 0.25) is 0 Å². The largest absolute Gasteiger partial charge is 0.285 e. The molecule has 0 saturated heterocycles. The van der Waals surface area contributed by atoms with Crippen LogP contribution in [0, 0.1) is 6.08 Å². The Bertz CT molecular complexity index is 651. The lowest BCUT2D eigenvalue weighted by Crippen LogP contribution is -2.16. The Labute approximate surface area is 92.2 Å². The molecule has 3 rings (SSSR count). The average molecular weight is 207 g/mol. The Kier molecular flexibility index (Phi) is 1.77. The molecule has 0 unspecified atom stereocenters. The van der Waals surface area contributed by atoms with Crippen molar-refractivity contribution in [2.24, 2.45) is 0 Å². The first-order chi connectivity index (χ1) is 7.77. The molecule has 0 aromatic heterocycles. The SMILES string of the molecule is O=C1[C]=Cc2c(ccc3ccccc23)C1=O. The van der Waals surface area contributed by atoms with Crippen LogP contribution >= 0.6 is 0 Å². The van der Waals surface area contributed by atoms with Crippen molar-refractivity contribution in [2.75, 3.05) is 0 Å². The van der Waals surface area contributed by atoms with Gasteiger partial charge < -0.3 is 0 Å². The first kappa shape index (κ1) is 9.04. The van der Waals surface area contributed by atoms with E-state index in [0.29, 0.717) is 5.56 Å². The summed E-state index contributed by atoms with van der Waals surface area (Å²) >= 11 is 0. The van der Waals surface area contributed by atoms with E-state index in [1.54, 1.807) is 12.1 Å². The van der Waals surface area contributed by atoms with E-state index in [4.69, 9.17) is 0 Å². The molecule has 0 bridgehead atoms. The topological polar surface area (TPSA) is 34.1 Å². The van der Waals surface area contributed by atoms with E-state index < -0.39 is 11.6 Å². The summed E-state index contributed by atoms with van der Waals surface area (Å²) in [5.74, 6) is -1.04. The maximum atomic E-state index is 11.6. The number of carbonyl (C=O) groups is 2. The lowest BCUT2D eigenvalue weighted by atomic mass is 9.91. The highest BCUT2D eigenvalue weighted by molar-refractivity contribution is 6.49. The third-order valence-electron chi connectivity index (χ3n) is 2.77. The van der Waals surface area contributed by atoms with Gasteiger partial charge in [0.2, 0.25) is 11.6 Å². The van der Waals surface area contributed by atoms with E-state index in [0.717, 1.165) is 16.3 Å². The van der Waals surface area contributed by atoms with Crippen molar-refractivity contribution >= 4 is 28.4 Å². The number of rotatable bonds is 0. The molecule has 0 saturated carbocycles. The monoisotopic (exact) mass is 207 g/mol. The molecule has 1 aliphatic carbocycles. The first-order valence-corrected chi connectivity index (χ1v) is 4.97. The molecular formula is C14H7O2. The van der Waals surface area contributed by atoms with E-state index in [1.807, 2.05) is 30.3 Å². The molecule has 2 heteroatoms. The summed E-state index contributed by atoms with van der Waals surface area (Å²) < 4.78 is 0. The van der Waals surface area contributed by atoms with E-state index in [9.17, 15) is 9.59 Å². The fraction of sp³-hybridized carbons (Fsp3) is 0. The van der Waals surface area contributed by atoms with Crippen LogP contribution in [0.4, 0.5) is 0 Å². The van der Waals surface area contributed by atoms with Crippen LogP contribution in [0.25, 0.3) is 16.8 Å². The van der Waals surface area contributed by atoms with Crippen LogP contribution in [0.1, 0.15) is 15.9 Å². The highest BCUT2D eigenvalue weighted by atomic mass is 16.2. The molecule has 75 valence electrons. The fourth-order valence-corrected chi connectivity index (χ4v) is 1.97. The fourth-order valence-electron chi connectivity index (χ4n) is 1.97. The molecule has 0 atom stereocenters. The van der Waals surface area contributed by atoms with Gasteiger partial charge in [0.25, 0.3) is 0 Å². The van der Waals surface area contributed by atoms with Gasteiger partial charge in [-0.2, -0.15) is 0 Å². The lowest BCUT2D eigenvalue weighted by Gasteiger charge is -2.10. The summed E-state index contributed by atoms with van der Waals surface area (Å²) in [6.07, 6.45) is 4.07. The minimum atomic E-state index is -0.567. The third-order valence-corrected chi connectivity index (χ3v) is 2.77. The van der Waals surface area contributed by atoms with Crippen LogP contribution in [-0.4, -0.2) is 11.6 Å². The third kappa shape index (κ3) is 1.13. The smallest absolute Gasteiger partial charge is 0.234 e. The van der Waals surface area contributed by atoms with Crippen molar-refractivity contribution in [1.82, 2.24) is 0 Å². The van der Waals surface area contributed by atoms with Gasteiger partial charge in [-0.05, 0) is 28.5 Å². The molecule has 1 aliphatic rings. The van der Waals surface area contributed by atoms with Crippen LogP contribution in [0.15, 0.2) is 36.4 Å². The predicted octanol–water partition coefficient (Wildman–Crippen LogP) is 2.42. The lowest BCUT2D eigenvalue weighted by molar-refractivity contribution is -0.111. The van der Waals surface area contributed by atoms with Crippen molar-refractivity contribution in [3.63, 3.8) is 0 Å². The van der Waals surface area contributed by atoms with Crippen LogP contribution in [-0.2, 0) is 4.79 Å². The van der Waals surface area contributed by atoms with Crippen molar-refractivity contribution in [1.29, 1.82) is 0 Å². The Morgan fingerprint density at radius 1 is 0.938 bits per heavy atom. The molecular weight excluding hydrogens is 200 g/mol. The van der Waals surface area contributed by atoms with Crippen molar-refractivity contribution in [3.8, 4) is 0 Å². The van der Waals surface area contributed by atoms with Crippen LogP contribution in [0.5, 0.6) is 0 Å². The van der Waals surface area contributed by atoms with Crippen LogP contribution < -0.4 is 0 Å². The average Bonchev–Trinajstić information content (AvgIpc) is 2.33. The zero-order valence-corrected chi connectivity index (χ0v) is 8.36. The second-order valence-corrected chi connectivity index (χ2v) is 3.69. The molecule has 0 N–H and O–H groups in total. The Morgan fingerprint density at radius 3 is 2.62 bits per heavy atom. The summed E-state index contributed by atoms with van der Waals surface area (Å²) in [7, 11) is 0.